The predicted molar refractivity (Wildman–Crippen MR) is 86.9 cm³/mol. The van der Waals surface area contributed by atoms with Crippen molar-refractivity contribution in [1.29, 1.82) is 0 Å². The number of carbonyl (C=O) groups is 1. The van der Waals surface area contributed by atoms with Gasteiger partial charge in [0.25, 0.3) is 5.91 Å². The van der Waals surface area contributed by atoms with Gasteiger partial charge in [-0.3, -0.25) is 4.79 Å². The van der Waals surface area contributed by atoms with Crippen LogP contribution in [0, 0.1) is 0 Å². The lowest BCUT2D eigenvalue weighted by molar-refractivity contribution is -0.135. The standard InChI is InChI=1S/C16H25ClN2O2/c1-6-9-18-11(2)13-7-8-15(14(17)10-13)21-12(3)16(20)19(4)5/h7-8,10-12,18H,6,9H2,1-5H3. The second-order valence-corrected chi connectivity index (χ2v) is 5.77. The Morgan fingerprint density at radius 1 is 1.38 bits per heavy atom. The second-order valence-electron chi connectivity index (χ2n) is 5.36. The van der Waals surface area contributed by atoms with Gasteiger partial charge in [-0.1, -0.05) is 24.6 Å². The molecule has 0 aromatic heterocycles. The van der Waals surface area contributed by atoms with Gasteiger partial charge < -0.3 is 15.0 Å². The van der Waals surface area contributed by atoms with E-state index in [1.807, 2.05) is 18.2 Å². The highest BCUT2D eigenvalue weighted by Crippen LogP contribution is 2.28. The molecule has 1 rings (SSSR count). The molecule has 0 aliphatic heterocycles. The fourth-order valence-corrected chi connectivity index (χ4v) is 2.20. The number of likely N-dealkylation sites (N-methyl/N-ethyl adjacent to an activating group) is 1. The topological polar surface area (TPSA) is 41.6 Å². The third-order valence-corrected chi connectivity index (χ3v) is 3.54. The molecule has 0 saturated carbocycles. The number of halogens is 1. The van der Waals surface area contributed by atoms with Crippen molar-refractivity contribution >= 4 is 17.5 Å². The van der Waals surface area contributed by atoms with E-state index in [-0.39, 0.29) is 11.9 Å². The highest BCUT2D eigenvalue weighted by Gasteiger charge is 2.18. The van der Waals surface area contributed by atoms with Gasteiger partial charge in [0.2, 0.25) is 0 Å². The summed E-state index contributed by atoms with van der Waals surface area (Å²) in [5, 5.41) is 3.93. The van der Waals surface area contributed by atoms with E-state index in [0.717, 1.165) is 18.5 Å². The summed E-state index contributed by atoms with van der Waals surface area (Å²) in [6.45, 7) is 6.91. The zero-order valence-electron chi connectivity index (χ0n) is 13.4. The Hall–Kier alpha value is -1.26. The Morgan fingerprint density at radius 3 is 2.57 bits per heavy atom. The molecule has 0 aliphatic carbocycles. The third kappa shape index (κ3) is 5.21. The van der Waals surface area contributed by atoms with Crippen LogP contribution in [-0.2, 0) is 4.79 Å². The molecule has 0 spiro atoms. The summed E-state index contributed by atoms with van der Waals surface area (Å²) in [6, 6.07) is 5.91. The number of ether oxygens (including phenoxy) is 1. The summed E-state index contributed by atoms with van der Waals surface area (Å²) in [6.07, 6.45) is 0.530. The first kappa shape index (κ1) is 17.8. The van der Waals surface area contributed by atoms with Gasteiger partial charge in [-0.2, -0.15) is 0 Å². The van der Waals surface area contributed by atoms with Crippen LogP contribution in [0.4, 0.5) is 0 Å². The minimum Gasteiger partial charge on any atom is -0.479 e. The Balaban J connectivity index is 2.76. The number of rotatable bonds is 7. The maximum absolute atomic E-state index is 11.8. The quantitative estimate of drug-likeness (QED) is 0.840. The average Bonchev–Trinajstić information content (AvgIpc) is 2.45. The summed E-state index contributed by atoms with van der Waals surface area (Å²) in [7, 11) is 3.40. The minimum atomic E-state index is -0.556. The highest BCUT2D eigenvalue weighted by molar-refractivity contribution is 6.32. The third-order valence-electron chi connectivity index (χ3n) is 3.25. The first-order valence-electron chi connectivity index (χ1n) is 7.27. The monoisotopic (exact) mass is 312 g/mol. The normalized spacial score (nSPS) is 13.6. The van der Waals surface area contributed by atoms with Crippen LogP contribution < -0.4 is 10.1 Å². The SMILES string of the molecule is CCCNC(C)c1ccc(OC(C)C(=O)N(C)C)c(Cl)c1. The van der Waals surface area contributed by atoms with Crippen molar-refractivity contribution in [1.82, 2.24) is 10.2 Å². The molecule has 2 unspecified atom stereocenters. The minimum absolute atomic E-state index is 0.0897. The van der Waals surface area contributed by atoms with Crippen LogP contribution in [0.25, 0.3) is 0 Å². The van der Waals surface area contributed by atoms with Crippen LogP contribution in [-0.4, -0.2) is 37.6 Å². The van der Waals surface area contributed by atoms with Gasteiger partial charge in [0.05, 0.1) is 5.02 Å². The van der Waals surface area contributed by atoms with E-state index in [1.165, 1.54) is 4.90 Å². The summed E-state index contributed by atoms with van der Waals surface area (Å²) in [4.78, 5) is 13.3. The summed E-state index contributed by atoms with van der Waals surface area (Å²) < 4.78 is 5.64. The predicted octanol–water partition coefficient (Wildman–Crippen LogP) is 3.26. The number of nitrogens with one attached hydrogen (secondary N) is 1. The maximum atomic E-state index is 11.8. The number of hydrogen-bond acceptors (Lipinski definition) is 3. The van der Waals surface area contributed by atoms with Gasteiger partial charge in [-0.05, 0) is 44.5 Å². The van der Waals surface area contributed by atoms with Crippen molar-refractivity contribution in [3.63, 3.8) is 0 Å². The molecule has 1 aromatic carbocycles. The number of hydrogen-bond donors (Lipinski definition) is 1. The van der Waals surface area contributed by atoms with Crippen LogP contribution in [0.2, 0.25) is 5.02 Å². The molecule has 21 heavy (non-hydrogen) atoms. The average molecular weight is 313 g/mol. The van der Waals surface area contributed by atoms with Gasteiger partial charge in [0.15, 0.2) is 6.10 Å². The molecular formula is C16H25ClN2O2. The summed E-state index contributed by atoms with van der Waals surface area (Å²) in [5.74, 6) is 0.443. The first-order chi connectivity index (χ1) is 9.86. The fraction of sp³-hybridized carbons (Fsp3) is 0.562. The first-order valence-corrected chi connectivity index (χ1v) is 7.65. The van der Waals surface area contributed by atoms with Crippen LogP contribution in [0.1, 0.15) is 38.8 Å². The van der Waals surface area contributed by atoms with E-state index in [4.69, 9.17) is 16.3 Å². The van der Waals surface area contributed by atoms with Crippen LogP contribution in [0.3, 0.4) is 0 Å². The molecule has 1 amide bonds. The zero-order chi connectivity index (χ0) is 16.0. The van der Waals surface area contributed by atoms with Crippen molar-refractivity contribution in [3.05, 3.63) is 28.8 Å². The zero-order valence-corrected chi connectivity index (χ0v) is 14.2. The molecule has 1 N–H and O–H groups in total. The Labute approximate surface area is 132 Å². The molecule has 0 saturated heterocycles. The smallest absolute Gasteiger partial charge is 0.262 e. The van der Waals surface area contributed by atoms with Crippen molar-refractivity contribution < 1.29 is 9.53 Å². The summed E-state index contributed by atoms with van der Waals surface area (Å²) in [5.41, 5.74) is 1.10. The van der Waals surface area contributed by atoms with E-state index in [1.54, 1.807) is 21.0 Å². The van der Waals surface area contributed by atoms with E-state index in [0.29, 0.717) is 10.8 Å². The van der Waals surface area contributed by atoms with E-state index >= 15 is 0 Å². The number of nitrogens with zero attached hydrogens (tertiary/aromatic N) is 1. The molecule has 0 heterocycles. The molecule has 5 heteroatoms. The van der Waals surface area contributed by atoms with E-state index < -0.39 is 6.10 Å². The molecule has 1 aromatic rings. The molecule has 0 bridgehead atoms. The maximum Gasteiger partial charge on any atom is 0.262 e. The van der Waals surface area contributed by atoms with Crippen LogP contribution in [0.15, 0.2) is 18.2 Å². The lowest BCUT2D eigenvalue weighted by Crippen LogP contribution is -2.35. The fourth-order valence-electron chi connectivity index (χ4n) is 1.97. The Kier molecular flexibility index (Phi) is 6.99. The molecule has 4 nitrogen and oxygen atoms in total. The molecule has 118 valence electrons. The van der Waals surface area contributed by atoms with E-state index in [2.05, 4.69) is 19.2 Å². The van der Waals surface area contributed by atoms with Crippen molar-refractivity contribution in [3.8, 4) is 5.75 Å². The van der Waals surface area contributed by atoms with Gasteiger partial charge >= 0.3 is 0 Å². The van der Waals surface area contributed by atoms with Crippen LogP contribution in [0.5, 0.6) is 5.75 Å². The van der Waals surface area contributed by atoms with Gasteiger partial charge in [-0.25, -0.2) is 0 Å². The molecular weight excluding hydrogens is 288 g/mol. The largest absolute Gasteiger partial charge is 0.479 e. The molecule has 0 fully saturated rings. The number of carbonyl (C=O) groups excluding carboxylic acids is 1. The Morgan fingerprint density at radius 2 is 2.05 bits per heavy atom. The Bertz CT molecular complexity index is 477. The van der Waals surface area contributed by atoms with Gasteiger partial charge in [0, 0.05) is 20.1 Å². The van der Waals surface area contributed by atoms with Gasteiger partial charge in [0.1, 0.15) is 5.75 Å². The van der Waals surface area contributed by atoms with E-state index in [9.17, 15) is 4.79 Å². The van der Waals surface area contributed by atoms with Crippen molar-refractivity contribution in [2.45, 2.75) is 39.3 Å². The lowest BCUT2D eigenvalue weighted by atomic mass is 10.1. The molecule has 2 atom stereocenters. The molecule has 0 radical (unpaired) electrons. The van der Waals surface area contributed by atoms with Crippen LogP contribution >= 0.6 is 11.6 Å². The number of benzene rings is 1. The highest BCUT2D eigenvalue weighted by atomic mass is 35.5. The number of amides is 1. The lowest BCUT2D eigenvalue weighted by Gasteiger charge is -2.20. The van der Waals surface area contributed by atoms with Crippen molar-refractivity contribution in [2.75, 3.05) is 20.6 Å². The van der Waals surface area contributed by atoms with Crippen molar-refractivity contribution in [2.24, 2.45) is 0 Å². The second kappa shape index (κ2) is 8.25. The molecule has 0 aliphatic rings. The summed E-state index contributed by atoms with van der Waals surface area (Å²) >= 11 is 6.26. The van der Waals surface area contributed by atoms with Gasteiger partial charge in [-0.15, -0.1) is 0 Å².